The summed E-state index contributed by atoms with van der Waals surface area (Å²) < 4.78 is 0. The van der Waals surface area contributed by atoms with E-state index in [0.717, 1.165) is 36.5 Å². The molecule has 0 unspecified atom stereocenters. The van der Waals surface area contributed by atoms with Gasteiger partial charge in [-0.2, -0.15) is 0 Å². The molecule has 0 N–H and O–H groups in total. The van der Waals surface area contributed by atoms with Gasteiger partial charge in [0.1, 0.15) is 0 Å². The minimum absolute atomic E-state index is 0.929. The zero-order valence-electron chi connectivity index (χ0n) is 20.1. The van der Waals surface area contributed by atoms with E-state index < -0.39 is 0 Å². The molecule has 2 fully saturated rings. The number of benzene rings is 2. The summed E-state index contributed by atoms with van der Waals surface area (Å²) in [7, 11) is 0. The Balaban J connectivity index is 1.14. The van der Waals surface area contributed by atoms with Crippen molar-refractivity contribution in [2.24, 2.45) is 23.7 Å². The minimum atomic E-state index is 0.929. The Morgan fingerprint density at radius 2 is 0.742 bits per heavy atom. The van der Waals surface area contributed by atoms with Crippen molar-refractivity contribution in [1.82, 2.24) is 0 Å². The number of hydrogen-bond donors (Lipinski definition) is 0. The van der Waals surface area contributed by atoms with Gasteiger partial charge >= 0.3 is 0 Å². The Morgan fingerprint density at radius 1 is 0.452 bits per heavy atom. The van der Waals surface area contributed by atoms with Crippen LogP contribution in [0, 0.1) is 23.7 Å². The van der Waals surface area contributed by atoms with Crippen LogP contribution in [0.5, 0.6) is 0 Å². The molecule has 0 aromatic heterocycles. The first-order valence-corrected chi connectivity index (χ1v) is 13.4. The van der Waals surface area contributed by atoms with Crippen LogP contribution in [0.4, 0.5) is 0 Å². The maximum atomic E-state index is 2.38. The van der Waals surface area contributed by atoms with E-state index in [1.54, 1.807) is 11.1 Å². The van der Waals surface area contributed by atoms with Gasteiger partial charge in [-0.25, -0.2) is 0 Å². The molecular weight excluding hydrogens is 372 g/mol. The predicted molar refractivity (Wildman–Crippen MR) is 135 cm³/mol. The van der Waals surface area contributed by atoms with Gasteiger partial charge in [-0.05, 0) is 104 Å². The SMILES string of the molecule is CCc1ccc(CC2CCC(CC3CCC(Cc4ccc(CC)cc4)CC3)CC2)cc1. The average molecular weight is 417 g/mol. The molecule has 2 aromatic rings. The van der Waals surface area contributed by atoms with Crippen LogP contribution in [0.1, 0.15) is 93.9 Å². The second kappa shape index (κ2) is 11.3. The molecule has 0 aliphatic heterocycles. The van der Waals surface area contributed by atoms with Crippen LogP contribution >= 0.6 is 0 Å². The maximum absolute atomic E-state index is 2.38. The number of hydrogen-bond acceptors (Lipinski definition) is 0. The lowest BCUT2D eigenvalue weighted by Gasteiger charge is -2.34. The zero-order chi connectivity index (χ0) is 21.5. The van der Waals surface area contributed by atoms with Crippen LogP contribution < -0.4 is 0 Å². The molecule has 0 amide bonds. The Morgan fingerprint density at radius 3 is 1.06 bits per heavy atom. The molecule has 0 heterocycles. The van der Waals surface area contributed by atoms with E-state index in [2.05, 4.69) is 62.4 Å². The van der Waals surface area contributed by atoms with Crippen LogP contribution in [-0.2, 0) is 25.7 Å². The fourth-order valence-corrected chi connectivity index (χ4v) is 6.30. The molecule has 4 rings (SSSR count). The van der Waals surface area contributed by atoms with E-state index in [1.807, 2.05) is 0 Å². The highest BCUT2D eigenvalue weighted by Gasteiger charge is 2.27. The van der Waals surface area contributed by atoms with Crippen molar-refractivity contribution in [1.29, 1.82) is 0 Å². The summed E-state index contributed by atoms with van der Waals surface area (Å²) in [4.78, 5) is 0. The summed E-state index contributed by atoms with van der Waals surface area (Å²) >= 11 is 0. The first-order chi connectivity index (χ1) is 15.2. The molecule has 2 saturated carbocycles. The molecule has 2 aromatic carbocycles. The van der Waals surface area contributed by atoms with E-state index in [4.69, 9.17) is 0 Å². The summed E-state index contributed by atoms with van der Waals surface area (Å²) in [6.07, 6.45) is 18.2. The molecule has 0 saturated heterocycles. The van der Waals surface area contributed by atoms with Crippen molar-refractivity contribution >= 4 is 0 Å². The third kappa shape index (κ3) is 6.71. The number of rotatable bonds is 8. The maximum Gasteiger partial charge on any atom is -0.0250 e. The first-order valence-electron chi connectivity index (χ1n) is 13.4. The second-order valence-electron chi connectivity index (χ2n) is 10.8. The normalized spacial score (nSPS) is 26.6. The Bertz CT molecular complexity index is 685. The molecule has 0 heteroatoms. The quantitative estimate of drug-likeness (QED) is 0.404. The third-order valence-electron chi connectivity index (χ3n) is 8.51. The molecule has 2 aliphatic rings. The first kappa shape index (κ1) is 22.6. The van der Waals surface area contributed by atoms with Gasteiger partial charge in [0.15, 0.2) is 0 Å². The van der Waals surface area contributed by atoms with Gasteiger partial charge in [-0.3, -0.25) is 0 Å². The van der Waals surface area contributed by atoms with Crippen LogP contribution in [0.2, 0.25) is 0 Å². The Hall–Kier alpha value is -1.56. The Labute approximate surface area is 191 Å². The van der Waals surface area contributed by atoms with Crippen molar-refractivity contribution < 1.29 is 0 Å². The van der Waals surface area contributed by atoms with Gasteiger partial charge in [-0.15, -0.1) is 0 Å². The summed E-state index contributed by atoms with van der Waals surface area (Å²) in [5.74, 6) is 3.89. The predicted octanol–water partition coefficient (Wildman–Crippen LogP) is 8.60. The standard InChI is InChI=1S/C31H44/c1-3-24-5-9-26(10-6-24)21-28-13-17-30(18-14-28)23-31-19-15-29(16-20-31)22-27-11-7-25(4-2)8-12-27/h5-12,28-31H,3-4,13-23H2,1-2H3. The summed E-state index contributed by atoms with van der Waals surface area (Å²) in [5.41, 5.74) is 6.06. The average Bonchev–Trinajstić information content (AvgIpc) is 2.82. The van der Waals surface area contributed by atoms with Crippen LogP contribution in [0.15, 0.2) is 48.5 Å². The minimum Gasteiger partial charge on any atom is -0.0613 e. The molecule has 0 bridgehead atoms. The number of aryl methyl sites for hydroxylation is 2. The van der Waals surface area contributed by atoms with E-state index >= 15 is 0 Å². The van der Waals surface area contributed by atoms with Gasteiger partial charge in [-0.1, -0.05) is 88.1 Å². The summed E-state index contributed by atoms with van der Waals surface area (Å²) in [5, 5.41) is 0. The second-order valence-corrected chi connectivity index (χ2v) is 10.8. The monoisotopic (exact) mass is 416 g/mol. The molecule has 168 valence electrons. The van der Waals surface area contributed by atoms with Crippen molar-refractivity contribution in [3.63, 3.8) is 0 Å². The van der Waals surface area contributed by atoms with Crippen LogP contribution in [0.3, 0.4) is 0 Å². The highest BCUT2D eigenvalue weighted by molar-refractivity contribution is 5.23. The molecule has 0 spiro atoms. The van der Waals surface area contributed by atoms with E-state index in [0.29, 0.717) is 0 Å². The molecule has 0 nitrogen and oxygen atoms in total. The Kier molecular flexibility index (Phi) is 8.28. The lowest BCUT2D eigenvalue weighted by atomic mass is 9.72. The van der Waals surface area contributed by atoms with E-state index in [9.17, 15) is 0 Å². The van der Waals surface area contributed by atoms with Gasteiger partial charge in [0, 0.05) is 0 Å². The highest BCUT2D eigenvalue weighted by Crippen LogP contribution is 2.39. The summed E-state index contributed by atoms with van der Waals surface area (Å²) in [6.45, 7) is 4.49. The fraction of sp³-hybridized carbons (Fsp3) is 0.613. The largest absolute Gasteiger partial charge is 0.0613 e. The topological polar surface area (TPSA) is 0 Å². The molecule has 0 radical (unpaired) electrons. The van der Waals surface area contributed by atoms with Gasteiger partial charge < -0.3 is 0 Å². The molecular formula is C31H44. The van der Waals surface area contributed by atoms with E-state index in [-0.39, 0.29) is 0 Å². The van der Waals surface area contributed by atoms with Crippen LogP contribution in [-0.4, -0.2) is 0 Å². The van der Waals surface area contributed by atoms with Crippen LogP contribution in [0.25, 0.3) is 0 Å². The van der Waals surface area contributed by atoms with Crippen molar-refractivity contribution in [3.05, 3.63) is 70.8 Å². The van der Waals surface area contributed by atoms with Crippen molar-refractivity contribution in [2.75, 3.05) is 0 Å². The highest BCUT2D eigenvalue weighted by atomic mass is 14.3. The lowest BCUT2D eigenvalue weighted by molar-refractivity contribution is 0.191. The van der Waals surface area contributed by atoms with E-state index in [1.165, 1.54) is 81.8 Å². The lowest BCUT2D eigenvalue weighted by Crippen LogP contribution is -2.22. The fourth-order valence-electron chi connectivity index (χ4n) is 6.30. The smallest absolute Gasteiger partial charge is 0.0250 e. The van der Waals surface area contributed by atoms with Gasteiger partial charge in [0.05, 0.1) is 0 Å². The summed E-state index contributed by atoms with van der Waals surface area (Å²) in [6, 6.07) is 18.8. The van der Waals surface area contributed by atoms with Crippen molar-refractivity contribution in [3.8, 4) is 0 Å². The molecule has 2 aliphatic carbocycles. The molecule has 0 atom stereocenters. The molecule has 31 heavy (non-hydrogen) atoms. The third-order valence-corrected chi connectivity index (χ3v) is 8.51. The van der Waals surface area contributed by atoms with Gasteiger partial charge in [0.25, 0.3) is 0 Å². The van der Waals surface area contributed by atoms with Gasteiger partial charge in [0.2, 0.25) is 0 Å². The zero-order valence-corrected chi connectivity index (χ0v) is 20.1. The van der Waals surface area contributed by atoms with Crippen molar-refractivity contribution in [2.45, 2.75) is 97.3 Å².